The van der Waals surface area contributed by atoms with Crippen LogP contribution in [-0.2, 0) is 0 Å². The average molecular weight is 404 g/mol. The van der Waals surface area contributed by atoms with Crippen LogP contribution in [0.2, 0.25) is 0 Å². The van der Waals surface area contributed by atoms with E-state index in [0.717, 1.165) is 11.3 Å². The molecule has 0 unspecified atom stereocenters. The summed E-state index contributed by atoms with van der Waals surface area (Å²) in [6.45, 7) is 0. The summed E-state index contributed by atoms with van der Waals surface area (Å²) in [6.07, 6.45) is 0. The van der Waals surface area contributed by atoms with E-state index in [4.69, 9.17) is 9.47 Å². The van der Waals surface area contributed by atoms with Crippen LogP contribution in [0.4, 0.5) is 5.69 Å². The van der Waals surface area contributed by atoms with Crippen molar-refractivity contribution in [2.24, 2.45) is 0 Å². The number of aromatic nitrogens is 4. The highest BCUT2D eigenvalue weighted by Gasteiger charge is 2.27. The van der Waals surface area contributed by atoms with E-state index in [9.17, 15) is 10.1 Å². The summed E-state index contributed by atoms with van der Waals surface area (Å²) in [5.41, 5.74) is 1.99. The van der Waals surface area contributed by atoms with Crippen LogP contribution in [0.15, 0.2) is 72.8 Å². The third-order valence-corrected chi connectivity index (χ3v) is 4.48. The van der Waals surface area contributed by atoms with E-state index in [2.05, 4.69) is 10.2 Å². The van der Waals surface area contributed by atoms with Crippen LogP contribution in [0.25, 0.3) is 22.8 Å². The maximum absolute atomic E-state index is 11.2. The Kier molecular flexibility index (Phi) is 5.08. The highest BCUT2D eigenvalue weighted by atomic mass is 16.6. The van der Waals surface area contributed by atoms with E-state index in [0.29, 0.717) is 23.0 Å². The molecule has 0 aliphatic carbocycles. The fourth-order valence-corrected chi connectivity index (χ4v) is 2.97. The van der Waals surface area contributed by atoms with Crippen LogP contribution < -0.4 is 14.3 Å². The van der Waals surface area contributed by atoms with Gasteiger partial charge in [0.1, 0.15) is 11.4 Å². The fraction of sp³-hybridized carbons (Fsp3) is 0.0952. The van der Waals surface area contributed by atoms with Crippen molar-refractivity contribution in [2.75, 3.05) is 14.2 Å². The molecule has 1 aromatic heterocycles. The Hall–Kier alpha value is -4.27. The van der Waals surface area contributed by atoms with Gasteiger partial charge in [0.25, 0.3) is 5.69 Å². The number of hydrogen-bond donors (Lipinski definition) is 0. The molecule has 1 heterocycles. The second kappa shape index (κ2) is 8.00. The summed E-state index contributed by atoms with van der Waals surface area (Å²) in [7, 11) is 3.05. The Morgan fingerprint density at radius 2 is 1.70 bits per heavy atom. The number of nitro benzene ring substituents is 1. The molecule has 0 aliphatic heterocycles. The van der Waals surface area contributed by atoms with Crippen molar-refractivity contribution >= 4 is 5.69 Å². The molecule has 30 heavy (non-hydrogen) atoms. The first-order valence-electron chi connectivity index (χ1n) is 9.03. The Balaban J connectivity index is 1.91. The summed E-state index contributed by atoms with van der Waals surface area (Å²) in [5.74, 6) is 1.50. The van der Waals surface area contributed by atoms with E-state index in [1.165, 1.54) is 19.2 Å². The van der Waals surface area contributed by atoms with Gasteiger partial charge < -0.3 is 9.47 Å². The van der Waals surface area contributed by atoms with Gasteiger partial charge >= 0.3 is 5.82 Å². The van der Waals surface area contributed by atoms with Crippen molar-refractivity contribution < 1.29 is 19.2 Å². The molecular formula is C21H18N5O4+. The second-order valence-corrected chi connectivity index (χ2v) is 6.28. The van der Waals surface area contributed by atoms with Crippen LogP contribution in [0.3, 0.4) is 0 Å². The predicted octanol–water partition coefficient (Wildman–Crippen LogP) is 3.14. The smallest absolute Gasteiger partial charge is 0.340 e. The molecule has 150 valence electrons. The van der Waals surface area contributed by atoms with Crippen molar-refractivity contribution in [1.82, 2.24) is 15.0 Å². The number of non-ortho nitro benzene ring substituents is 1. The van der Waals surface area contributed by atoms with Gasteiger partial charge in [-0.05, 0) is 46.3 Å². The van der Waals surface area contributed by atoms with Gasteiger partial charge in [-0.25, -0.2) is 0 Å². The van der Waals surface area contributed by atoms with Gasteiger partial charge in [0.15, 0.2) is 5.75 Å². The number of hydrogen-bond acceptors (Lipinski definition) is 6. The Labute approximate surface area is 171 Å². The summed E-state index contributed by atoms with van der Waals surface area (Å²) < 4.78 is 10.6. The molecule has 9 heteroatoms. The molecule has 0 aliphatic rings. The highest BCUT2D eigenvalue weighted by Crippen LogP contribution is 2.25. The lowest BCUT2D eigenvalue weighted by molar-refractivity contribution is -0.734. The maximum Gasteiger partial charge on any atom is 0.340 e. The number of nitrogens with zero attached hydrogens (tertiary/aromatic N) is 5. The molecule has 9 nitrogen and oxygen atoms in total. The van der Waals surface area contributed by atoms with Crippen molar-refractivity contribution in [1.29, 1.82) is 0 Å². The van der Waals surface area contributed by atoms with E-state index in [-0.39, 0.29) is 5.69 Å². The molecule has 0 radical (unpaired) electrons. The number of nitro groups is 1. The molecule has 0 bridgehead atoms. The summed E-state index contributed by atoms with van der Waals surface area (Å²) in [5, 5.41) is 20.4. The summed E-state index contributed by atoms with van der Waals surface area (Å²) in [4.78, 5) is 13.8. The lowest BCUT2D eigenvalue weighted by Crippen LogP contribution is -2.43. The minimum atomic E-state index is -0.472. The average Bonchev–Trinajstić information content (AvgIpc) is 3.24. The molecule has 0 atom stereocenters. The topological polar surface area (TPSA) is 96.2 Å². The molecule has 0 fully saturated rings. The van der Waals surface area contributed by atoms with E-state index in [1.54, 1.807) is 22.8 Å². The number of tetrazole rings is 1. The zero-order valence-electron chi connectivity index (χ0n) is 16.3. The van der Waals surface area contributed by atoms with Crippen LogP contribution in [0.5, 0.6) is 11.5 Å². The number of rotatable bonds is 6. The highest BCUT2D eigenvalue weighted by molar-refractivity contribution is 5.54. The van der Waals surface area contributed by atoms with E-state index < -0.39 is 4.92 Å². The third-order valence-electron chi connectivity index (χ3n) is 4.48. The van der Waals surface area contributed by atoms with Crippen molar-refractivity contribution in [3.05, 3.63) is 82.9 Å². The first-order chi connectivity index (χ1) is 14.6. The van der Waals surface area contributed by atoms with Gasteiger partial charge in [-0.2, -0.15) is 0 Å². The Morgan fingerprint density at radius 1 is 0.967 bits per heavy atom. The standard InChI is InChI=1S/C21H18N5O4/c1-29-18-11-8-16(9-12-18)24-22-21(15-6-4-3-5-7-15)23-25(24)19-13-10-17(26(27)28)14-20(19)30-2/h3-14H,1-2H3/q+1. The Morgan fingerprint density at radius 3 is 2.33 bits per heavy atom. The molecule has 0 N–H and O–H groups in total. The third kappa shape index (κ3) is 3.55. The Bertz CT molecular complexity index is 1190. The van der Waals surface area contributed by atoms with Crippen LogP contribution in [0, 0.1) is 10.1 Å². The van der Waals surface area contributed by atoms with Gasteiger partial charge in [-0.3, -0.25) is 10.1 Å². The number of benzene rings is 3. The molecule has 0 saturated heterocycles. The summed E-state index contributed by atoms with van der Waals surface area (Å²) >= 11 is 0. The molecule has 4 rings (SSSR count). The minimum absolute atomic E-state index is 0.0741. The largest absolute Gasteiger partial charge is 0.497 e. The minimum Gasteiger partial charge on any atom is -0.497 e. The fourth-order valence-electron chi connectivity index (χ4n) is 2.97. The molecule has 3 aromatic carbocycles. The van der Waals surface area contributed by atoms with E-state index >= 15 is 0 Å². The van der Waals surface area contributed by atoms with Crippen LogP contribution in [0.1, 0.15) is 0 Å². The van der Waals surface area contributed by atoms with Crippen molar-refractivity contribution in [2.45, 2.75) is 0 Å². The zero-order chi connectivity index (χ0) is 21.1. The van der Waals surface area contributed by atoms with Gasteiger partial charge in [0, 0.05) is 16.9 Å². The number of ether oxygens (including phenoxy) is 2. The van der Waals surface area contributed by atoms with Gasteiger partial charge in [0.2, 0.25) is 5.69 Å². The van der Waals surface area contributed by atoms with Gasteiger partial charge in [0.05, 0.1) is 35.9 Å². The maximum atomic E-state index is 11.2. The van der Waals surface area contributed by atoms with Crippen molar-refractivity contribution in [3.8, 4) is 34.3 Å². The lowest BCUT2D eigenvalue weighted by atomic mass is 10.2. The molecule has 0 amide bonds. The van der Waals surface area contributed by atoms with Gasteiger partial charge in [-0.1, -0.05) is 18.2 Å². The SMILES string of the molecule is COc1ccc(-n2nc(-c3ccccc3)n[n+]2-c2ccc([N+](=O)[O-])cc2OC)cc1. The molecule has 0 saturated carbocycles. The molecule has 0 spiro atoms. The zero-order valence-corrected chi connectivity index (χ0v) is 16.3. The van der Waals surface area contributed by atoms with Crippen molar-refractivity contribution in [3.63, 3.8) is 0 Å². The number of methoxy groups -OCH3 is 2. The lowest BCUT2D eigenvalue weighted by Gasteiger charge is -2.05. The second-order valence-electron chi connectivity index (χ2n) is 6.28. The van der Waals surface area contributed by atoms with Gasteiger partial charge in [-0.15, -0.1) is 0 Å². The molecular weight excluding hydrogens is 386 g/mol. The predicted molar refractivity (Wildman–Crippen MR) is 108 cm³/mol. The summed E-state index contributed by atoms with van der Waals surface area (Å²) in [6, 6.07) is 21.2. The first kappa shape index (κ1) is 19.1. The van der Waals surface area contributed by atoms with E-state index in [1.807, 2.05) is 54.6 Å². The normalized spacial score (nSPS) is 10.6. The molecule has 4 aromatic rings. The monoisotopic (exact) mass is 404 g/mol. The first-order valence-corrected chi connectivity index (χ1v) is 9.03. The van der Waals surface area contributed by atoms with Crippen LogP contribution in [-0.4, -0.2) is 34.1 Å². The quantitative estimate of drug-likeness (QED) is 0.278. The van der Waals surface area contributed by atoms with Crippen LogP contribution >= 0.6 is 0 Å².